The lowest BCUT2D eigenvalue weighted by molar-refractivity contribution is 0.0600. The molecule has 0 aliphatic carbocycles. The molecule has 6 nitrogen and oxygen atoms in total. The SMILES string of the molecule is COC(=O)c1ccc(CN(Cc2cccc(OC)c2)C(=O)c2ccc(Oc3ccccc3F)cc2)cc1. The van der Waals surface area contributed by atoms with Crippen molar-refractivity contribution in [2.45, 2.75) is 13.1 Å². The van der Waals surface area contributed by atoms with E-state index in [9.17, 15) is 14.0 Å². The molecule has 0 aliphatic rings. The molecule has 0 saturated heterocycles. The van der Waals surface area contributed by atoms with Crippen LogP contribution in [0.15, 0.2) is 97.1 Å². The number of rotatable bonds is 9. The highest BCUT2D eigenvalue weighted by Gasteiger charge is 2.18. The van der Waals surface area contributed by atoms with Gasteiger partial charge in [-0.3, -0.25) is 4.79 Å². The molecule has 1 amide bonds. The van der Waals surface area contributed by atoms with E-state index >= 15 is 0 Å². The third-order valence-corrected chi connectivity index (χ3v) is 5.71. The summed E-state index contributed by atoms with van der Waals surface area (Å²) in [6.07, 6.45) is 0. The highest BCUT2D eigenvalue weighted by atomic mass is 19.1. The van der Waals surface area contributed by atoms with E-state index < -0.39 is 11.8 Å². The fourth-order valence-electron chi connectivity index (χ4n) is 3.78. The van der Waals surface area contributed by atoms with Crippen LogP contribution in [0.5, 0.6) is 17.2 Å². The average molecular weight is 500 g/mol. The third-order valence-electron chi connectivity index (χ3n) is 5.71. The fourth-order valence-corrected chi connectivity index (χ4v) is 3.78. The zero-order valence-corrected chi connectivity index (χ0v) is 20.5. The number of nitrogens with zero attached hydrogens (tertiary/aromatic N) is 1. The number of methoxy groups -OCH3 is 2. The minimum atomic E-state index is -0.467. The normalized spacial score (nSPS) is 10.5. The second-order valence-corrected chi connectivity index (χ2v) is 8.26. The van der Waals surface area contributed by atoms with Crippen LogP contribution in [-0.2, 0) is 17.8 Å². The lowest BCUT2D eigenvalue weighted by Crippen LogP contribution is -2.30. The molecule has 0 atom stereocenters. The van der Waals surface area contributed by atoms with Crippen LogP contribution in [0.3, 0.4) is 0 Å². The van der Waals surface area contributed by atoms with Gasteiger partial charge in [-0.2, -0.15) is 0 Å². The number of carbonyl (C=O) groups is 2. The Morgan fingerprint density at radius 3 is 2.08 bits per heavy atom. The number of para-hydroxylation sites is 1. The molecule has 7 heteroatoms. The Bertz CT molecular complexity index is 1370. The van der Waals surface area contributed by atoms with E-state index in [1.807, 2.05) is 24.3 Å². The van der Waals surface area contributed by atoms with Crippen LogP contribution in [0.2, 0.25) is 0 Å². The van der Waals surface area contributed by atoms with Crippen LogP contribution in [0.4, 0.5) is 4.39 Å². The van der Waals surface area contributed by atoms with Crippen molar-refractivity contribution >= 4 is 11.9 Å². The zero-order valence-electron chi connectivity index (χ0n) is 20.5. The molecule has 0 saturated carbocycles. The van der Waals surface area contributed by atoms with Crippen LogP contribution < -0.4 is 9.47 Å². The molecule has 0 unspecified atom stereocenters. The Kier molecular flexibility index (Phi) is 8.15. The zero-order chi connectivity index (χ0) is 26.2. The number of halogens is 1. The van der Waals surface area contributed by atoms with Crippen molar-refractivity contribution in [3.63, 3.8) is 0 Å². The van der Waals surface area contributed by atoms with Crippen molar-refractivity contribution < 1.29 is 28.2 Å². The van der Waals surface area contributed by atoms with Gasteiger partial charge in [-0.1, -0.05) is 36.4 Å². The van der Waals surface area contributed by atoms with Crippen molar-refractivity contribution in [1.29, 1.82) is 0 Å². The highest BCUT2D eigenvalue weighted by Crippen LogP contribution is 2.25. The van der Waals surface area contributed by atoms with E-state index in [0.717, 1.165) is 11.1 Å². The lowest BCUT2D eigenvalue weighted by Gasteiger charge is -2.24. The van der Waals surface area contributed by atoms with Crippen LogP contribution in [0.25, 0.3) is 0 Å². The number of amides is 1. The van der Waals surface area contributed by atoms with Crippen LogP contribution in [-0.4, -0.2) is 31.0 Å². The van der Waals surface area contributed by atoms with Gasteiger partial charge in [0, 0.05) is 18.7 Å². The predicted molar refractivity (Wildman–Crippen MR) is 137 cm³/mol. The maximum absolute atomic E-state index is 13.9. The van der Waals surface area contributed by atoms with Crippen molar-refractivity contribution in [1.82, 2.24) is 4.90 Å². The summed E-state index contributed by atoms with van der Waals surface area (Å²) < 4.78 is 29.6. The first-order valence-corrected chi connectivity index (χ1v) is 11.6. The molecule has 4 aromatic rings. The van der Waals surface area contributed by atoms with E-state index in [0.29, 0.717) is 35.7 Å². The molecule has 0 N–H and O–H groups in total. The van der Waals surface area contributed by atoms with Gasteiger partial charge in [0.15, 0.2) is 11.6 Å². The summed E-state index contributed by atoms with van der Waals surface area (Å²) in [5.41, 5.74) is 2.64. The highest BCUT2D eigenvalue weighted by molar-refractivity contribution is 5.94. The largest absolute Gasteiger partial charge is 0.497 e. The Balaban J connectivity index is 1.56. The first kappa shape index (κ1) is 25.4. The topological polar surface area (TPSA) is 65.1 Å². The van der Waals surface area contributed by atoms with E-state index in [4.69, 9.17) is 14.2 Å². The number of benzene rings is 4. The Morgan fingerprint density at radius 1 is 0.730 bits per heavy atom. The van der Waals surface area contributed by atoms with Gasteiger partial charge in [0.25, 0.3) is 5.91 Å². The standard InChI is InChI=1S/C30H26FNO5/c1-35-26-7-5-6-22(18-26)20-32(19-21-10-12-24(13-11-21)30(34)36-2)29(33)23-14-16-25(17-15-23)37-28-9-4-3-8-27(28)31/h3-18H,19-20H2,1-2H3. The average Bonchev–Trinajstić information content (AvgIpc) is 2.94. The minimum Gasteiger partial charge on any atom is -0.497 e. The molecule has 37 heavy (non-hydrogen) atoms. The number of esters is 1. The number of hydrogen-bond donors (Lipinski definition) is 0. The molecule has 188 valence electrons. The molecule has 0 aliphatic heterocycles. The van der Waals surface area contributed by atoms with Gasteiger partial charge in [-0.05, 0) is 71.8 Å². The summed E-state index contributed by atoms with van der Waals surface area (Å²) in [5, 5.41) is 0. The van der Waals surface area contributed by atoms with Crippen molar-refractivity contribution in [3.8, 4) is 17.2 Å². The number of carbonyl (C=O) groups excluding carboxylic acids is 2. The molecule has 0 bridgehead atoms. The first-order chi connectivity index (χ1) is 18.0. The molecule has 0 heterocycles. The summed E-state index contributed by atoms with van der Waals surface area (Å²) in [6.45, 7) is 0.646. The van der Waals surface area contributed by atoms with Crippen LogP contribution in [0.1, 0.15) is 31.8 Å². The van der Waals surface area contributed by atoms with Crippen molar-refractivity contribution in [2.24, 2.45) is 0 Å². The quantitative estimate of drug-likeness (QED) is 0.255. The van der Waals surface area contributed by atoms with E-state index in [-0.39, 0.29) is 11.7 Å². The molecule has 0 radical (unpaired) electrons. The van der Waals surface area contributed by atoms with Crippen LogP contribution in [0, 0.1) is 5.82 Å². The summed E-state index contributed by atoms with van der Waals surface area (Å²) >= 11 is 0. The van der Waals surface area contributed by atoms with Gasteiger partial charge >= 0.3 is 5.97 Å². The predicted octanol–water partition coefficient (Wildman–Crippen LogP) is 6.26. The monoisotopic (exact) mass is 499 g/mol. The number of ether oxygens (including phenoxy) is 3. The molecule has 4 rings (SSSR count). The third kappa shape index (κ3) is 6.52. The maximum Gasteiger partial charge on any atom is 0.337 e. The van der Waals surface area contributed by atoms with Crippen LogP contribution >= 0.6 is 0 Å². The van der Waals surface area contributed by atoms with Gasteiger partial charge in [-0.15, -0.1) is 0 Å². The molecule has 0 aromatic heterocycles. The van der Waals surface area contributed by atoms with Gasteiger partial charge in [0.2, 0.25) is 0 Å². The summed E-state index contributed by atoms with van der Waals surface area (Å²) in [6, 6.07) is 27.2. The van der Waals surface area contributed by atoms with E-state index in [1.54, 1.807) is 72.7 Å². The van der Waals surface area contributed by atoms with Gasteiger partial charge < -0.3 is 19.1 Å². The maximum atomic E-state index is 13.9. The smallest absolute Gasteiger partial charge is 0.337 e. The summed E-state index contributed by atoms with van der Waals surface area (Å²) in [4.78, 5) is 27.0. The van der Waals surface area contributed by atoms with Crippen molar-refractivity contribution in [3.05, 3.63) is 125 Å². The molecular weight excluding hydrogens is 473 g/mol. The van der Waals surface area contributed by atoms with Gasteiger partial charge in [-0.25, -0.2) is 9.18 Å². The number of hydrogen-bond acceptors (Lipinski definition) is 5. The fraction of sp³-hybridized carbons (Fsp3) is 0.133. The first-order valence-electron chi connectivity index (χ1n) is 11.6. The molecular formula is C30H26FNO5. The Labute approximate surface area is 214 Å². The van der Waals surface area contributed by atoms with E-state index in [1.165, 1.54) is 19.2 Å². The summed E-state index contributed by atoms with van der Waals surface area (Å²) in [5.74, 6) is 0.134. The lowest BCUT2D eigenvalue weighted by atomic mass is 10.1. The second kappa shape index (κ2) is 11.9. The molecule has 0 spiro atoms. The Hall–Kier alpha value is -4.65. The van der Waals surface area contributed by atoms with E-state index in [2.05, 4.69) is 0 Å². The second-order valence-electron chi connectivity index (χ2n) is 8.26. The van der Waals surface area contributed by atoms with Gasteiger partial charge in [0.05, 0.1) is 19.8 Å². The molecule has 0 fully saturated rings. The molecule has 4 aromatic carbocycles. The Morgan fingerprint density at radius 2 is 1.41 bits per heavy atom. The summed E-state index contributed by atoms with van der Waals surface area (Å²) in [7, 11) is 2.92. The van der Waals surface area contributed by atoms with Gasteiger partial charge in [0.1, 0.15) is 11.5 Å². The minimum absolute atomic E-state index is 0.108. The van der Waals surface area contributed by atoms with Crippen molar-refractivity contribution in [2.75, 3.05) is 14.2 Å².